The standard InChI is InChI=1S/C14H18BrN3O3/c1-9-4-5-17(8-10(9)7-16)14(19)12-6-11(18(20)21)2-3-13(12)15/h2-3,6,9-10H,4-5,7-8,16H2,1H3. The first-order chi connectivity index (χ1) is 9.93. The number of piperidine rings is 1. The van der Waals surface area contributed by atoms with Gasteiger partial charge in [0.25, 0.3) is 11.6 Å². The van der Waals surface area contributed by atoms with Gasteiger partial charge in [0.2, 0.25) is 0 Å². The average Bonchev–Trinajstić information content (AvgIpc) is 2.47. The van der Waals surface area contributed by atoms with Crippen molar-refractivity contribution in [3.63, 3.8) is 0 Å². The summed E-state index contributed by atoms with van der Waals surface area (Å²) in [5.41, 5.74) is 6.00. The molecule has 0 aliphatic carbocycles. The van der Waals surface area contributed by atoms with Crippen molar-refractivity contribution in [1.29, 1.82) is 0 Å². The van der Waals surface area contributed by atoms with Crippen LogP contribution in [0.2, 0.25) is 0 Å². The van der Waals surface area contributed by atoms with E-state index in [1.165, 1.54) is 12.1 Å². The summed E-state index contributed by atoms with van der Waals surface area (Å²) in [6, 6.07) is 4.24. The molecule has 1 fully saturated rings. The minimum Gasteiger partial charge on any atom is -0.338 e. The number of hydrogen-bond donors (Lipinski definition) is 1. The molecular weight excluding hydrogens is 338 g/mol. The summed E-state index contributed by atoms with van der Waals surface area (Å²) in [4.78, 5) is 24.7. The number of nitro benzene ring substituents is 1. The minimum atomic E-state index is -0.496. The van der Waals surface area contributed by atoms with E-state index in [9.17, 15) is 14.9 Å². The Bertz CT molecular complexity index is 564. The number of nitrogens with two attached hydrogens (primary N) is 1. The van der Waals surface area contributed by atoms with Gasteiger partial charge >= 0.3 is 0 Å². The number of non-ortho nitro benzene ring substituents is 1. The molecule has 1 aliphatic rings. The van der Waals surface area contributed by atoms with Crippen LogP contribution in [0.4, 0.5) is 5.69 Å². The lowest BCUT2D eigenvalue weighted by atomic mass is 9.87. The van der Waals surface area contributed by atoms with E-state index in [2.05, 4.69) is 22.9 Å². The zero-order valence-corrected chi connectivity index (χ0v) is 13.4. The first kappa shape index (κ1) is 15.9. The minimum absolute atomic E-state index is 0.0812. The van der Waals surface area contributed by atoms with Crippen molar-refractivity contribution in [3.05, 3.63) is 38.3 Å². The van der Waals surface area contributed by atoms with Gasteiger partial charge < -0.3 is 10.6 Å². The molecule has 7 heteroatoms. The third kappa shape index (κ3) is 3.41. The number of rotatable bonds is 3. The fourth-order valence-electron chi connectivity index (χ4n) is 2.60. The summed E-state index contributed by atoms with van der Waals surface area (Å²) in [6.45, 7) is 3.95. The molecule has 2 atom stereocenters. The highest BCUT2D eigenvalue weighted by Crippen LogP contribution is 2.27. The van der Waals surface area contributed by atoms with Crippen LogP contribution in [0.15, 0.2) is 22.7 Å². The summed E-state index contributed by atoms with van der Waals surface area (Å²) in [5, 5.41) is 10.9. The van der Waals surface area contributed by atoms with Gasteiger partial charge in [-0.05, 0) is 46.8 Å². The Morgan fingerprint density at radius 3 is 2.90 bits per heavy atom. The summed E-state index contributed by atoms with van der Waals surface area (Å²) in [5.74, 6) is 0.587. The Hall–Kier alpha value is -1.47. The van der Waals surface area contributed by atoms with Crippen LogP contribution in [0.3, 0.4) is 0 Å². The molecule has 6 nitrogen and oxygen atoms in total. The van der Waals surface area contributed by atoms with Crippen molar-refractivity contribution >= 4 is 27.5 Å². The van der Waals surface area contributed by atoms with Crippen molar-refractivity contribution in [1.82, 2.24) is 4.90 Å². The molecule has 0 aromatic heterocycles. The second kappa shape index (κ2) is 6.53. The Morgan fingerprint density at radius 2 is 2.29 bits per heavy atom. The van der Waals surface area contributed by atoms with Crippen LogP contribution in [0.1, 0.15) is 23.7 Å². The van der Waals surface area contributed by atoms with Crippen LogP contribution in [0, 0.1) is 22.0 Å². The molecule has 2 rings (SSSR count). The van der Waals surface area contributed by atoms with Crippen LogP contribution in [-0.4, -0.2) is 35.4 Å². The van der Waals surface area contributed by atoms with E-state index < -0.39 is 4.92 Å². The van der Waals surface area contributed by atoms with Crippen LogP contribution < -0.4 is 5.73 Å². The molecule has 2 N–H and O–H groups in total. The number of hydrogen-bond acceptors (Lipinski definition) is 4. The highest BCUT2D eigenvalue weighted by Gasteiger charge is 2.29. The van der Waals surface area contributed by atoms with Crippen molar-refractivity contribution in [2.24, 2.45) is 17.6 Å². The van der Waals surface area contributed by atoms with Gasteiger partial charge in [-0.3, -0.25) is 14.9 Å². The number of carbonyl (C=O) groups is 1. The molecule has 0 saturated carbocycles. The van der Waals surface area contributed by atoms with Gasteiger partial charge in [0.15, 0.2) is 0 Å². The molecular formula is C14H18BrN3O3. The van der Waals surface area contributed by atoms with Crippen LogP contribution in [0.25, 0.3) is 0 Å². The molecule has 1 amide bonds. The third-order valence-corrected chi connectivity index (χ3v) is 4.79. The van der Waals surface area contributed by atoms with Crippen LogP contribution >= 0.6 is 15.9 Å². The molecule has 1 aliphatic heterocycles. The molecule has 1 aromatic carbocycles. The Labute approximate surface area is 131 Å². The van der Waals surface area contributed by atoms with Gasteiger partial charge in [-0.25, -0.2) is 0 Å². The number of carbonyl (C=O) groups excluding carboxylic acids is 1. The molecule has 0 bridgehead atoms. The van der Waals surface area contributed by atoms with Crippen molar-refractivity contribution in [2.75, 3.05) is 19.6 Å². The molecule has 0 radical (unpaired) electrons. The number of nitrogens with zero attached hydrogens (tertiary/aromatic N) is 2. The zero-order valence-electron chi connectivity index (χ0n) is 11.8. The lowest BCUT2D eigenvalue weighted by Crippen LogP contribution is -2.45. The van der Waals surface area contributed by atoms with Crippen molar-refractivity contribution in [2.45, 2.75) is 13.3 Å². The molecule has 1 heterocycles. The van der Waals surface area contributed by atoms with Gasteiger partial charge in [0.05, 0.1) is 10.5 Å². The van der Waals surface area contributed by atoms with Gasteiger partial charge in [0, 0.05) is 29.7 Å². The van der Waals surface area contributed by atoms with E-state index in [0.29, 0.717) is 35.6 Å². The van der Waals surface area contributed by atoms with Crippen LogP contribution in [-0.2, 0) is 0 Å². The van der Waals surface area contributed by atoms with Crippen molar-refractivity contribution < 1.29 is 9.72 Å². The Balaban J connectivity index is 2.24. The highest BCUT2D eigenvalue weighted by atomic mass is 79.9. The van der Waals surface area contributed by atoms with Gasteiger partial charge in [0.1, 0.15) is 0 Å². The molecule has 21 heavy (non-hydrogen) atoms. The topological polar surface area (TPSA) is 89.5 Å². The second-order valence-electron chi connectivity index (χ2n) is 5.43. The van der Waals surface area contributed by atoms with E-state index in [4.69, 9.17) is 5.73 Å². The SMILES string of the molecule is CC1CCN(C(=O)c2cc([N+](=O)[O-])ccc2Br)CC1CN. The number of amides is 1. The normalized spacial score (nSPS) is 22.1. The molecule has 1 saturated heterocycles. The largest absolute Gasteiger partial charge is 0.338 e. The monoisotopic (exact) mass is 355 g/mol. The second-order valence-corrected chi connectivity index (χ2v) is 6.29. The fourth-order valence-corrected chi connectivity index (χ4v) is 3.02. The molecule has 0 spiro atoms. The van der Waals surface area contributed by atoms with E-state index in [-0.39, 0.29) is 17.5 Å². The van der Waals surface area contributed by atoms with Crippen molar-refractivity contribution in [3.8, 4) is 0 Å². The highest BCUT2D eigenvalue weighted by molar-refractivity contribution is 9.10. The van der Waals surface area contributed by atoms with E-state index >= 15 is 0 Å². The number of likely N-dealkylation sites (tertiary alicyclic amines) is 1. The lowest BCUT2D eigenvalue weighted by molar-refractivity contribution is -0.384. The Morgan fingerprint density at radius 1 is 1.57 bits per heavy atom. The van der Waals surface area contributed by atoms with Gasteiger partial charge in [-0.2, -0.15) is 0 Å². The molecule has 2 unspecified atom stereocenters. The quantitative estimate of drug-likeness (QED) is 0.665. The van der Waals surface area contributed by atoms with Crippen LogP contribution in [0.5, 0.6) is 0 Å². The molecule has 114 valence electrons. The van der Waals surface area contributed by atoms with E-state index in [0.717, 1.165) is 6.42 Å². The first-order valence-electron chi connectivity index (χ1n) is 6.87. The third-order valence-electron chi connectivity index (χ3n) is 4.10. The smallest absolute Gasteiger partial charge is 0.270 e. The van der Waals surface area contributed by atoms with E-state index in [1.54, 1.807) is 11.0 Å². The zero-order chi connectivity index (χ0) is 15.6. The maximum absolute atomic E-state index is 12.6. The fraction of sp³-hybridized carbons (Fsp3) is 0.500. The number of benzene rings is 1. The lowest BCUT2D eigenvalue weighted by Gasteiger charge is -2.36. The number of nitro groups is 1. The average molecular weight is 356 g/mol. The predicted molar refractivity (Wildman–Crippen MR) is 83.0 cm³/mol. The maximum atomic E-state index is 12.6. The van der Waals surface area contributed by atoms with E-state index in [1.807, 2.05) is 0 Å². The first-order valence-corrected chi connectivity index (χ1v) is 7.66. The number of halogens is 1. The summed E-state index contributed by atoms with van der Waals surface area (Å²) >= 11 is 3.30. The molecule has 1 aromatic rings. The van der Waals surface area contributed by atoms with Gasteiger partial charge in [-0.1, -0.05) is 6.92 Å². The summed E-state index contributed by atoms with van der Waals surface area (Å²) < 4.78 is 0.570. The Kier molecular flexibility index (Phi) is 4.95. The maximum Gasteiger partial charge on any atom is 0.270 e. The summed E-state index contributed by atoms with van der Waals surface area (Å²) in [6.07, 6.45) is 0.903. The summed E-state index contributed by atoms with van der Waals surface area (Å²) in [7, 11) is 0. The van der Waals surface area contributed by atoms with Gasteiger partial charge in [-0.15, -0.1) is 0 Å². The predicted octanol–water partition coefficient (Wildman–Crippen LogP) is 2.41.